The second-order valence-corrected chi connectivity index (χ2v) is 12.1. The van der Waals surface area contributed by atoms with E-state index in [1.54, 1.807) is 6.07 Å². The average molecular weight is 604 g/mol. The van der Waals surface area contributed by atoms with Crippen molar-refractivity contribution in [3.63, 3.8) is 0 Å². The van der Waals surface area contributed by atoms with E-state index in [1.165, 1.54) is 23.1 Å². The number of hydrogen-bond donors (Lipinski definition) is 1. The molecule has 42 heavy (non-hydrogen) atoms. The molecule has 0 aromatic heterocycles. The summed E-state index contributed by atoms with van der Waals surface area (Å²) in [5, 5.41) is 2.93. The van der Waals surface area contributed by atoms with Gasteiger partial charge in [0.25, 0.3) is 0 Å². The van der Waals surface area contributed by atoms with Gasteiger partial charge in [-0.2, -0.15) is 0 Å². The monoisotopic (exact) mass is 603 g/mol. The lowest BCUT2D eigenvalue weighted by Gasteiger charge is -2.32. The Morgan fingerprint density at radius 1 is 0.905 bits per heavy atom. The number of carbonyl (C=O) groups excluding carboxylic acids is 2. The van der Waals surface area contributed by atoms with Crippen LogP contribution >= 0.6 is 0 Å². The molecule has 7 nitrogen and oxygen atoms in total. The molecule has 1 N–H and O–H groups in total. The molecule has 0 fully saturated rings. The summed E-state index contributed by atoms with van der Waals surface area (Å²) in [7, 11) is -3.90. The Balaban J connectivity index is 1.91. The lowest BCUT2D eigenvalue weighted by atomic mass is 10.0. The maximum atomic E-state index is 14.7. The quantitative estimate of drug-likeness (QED) is 0.274. The standard InChI is InChI=1S/C31H36F3N3O4S/c1-4-22(2)35-31(39)29(19-23-11-6-5-7-12-23)36(21-24-13-8-9-14-26(24)32)30(38)15-10-18-37(42(3,40)41)25-16-17-27(33)28(34)20-25/h5-9,11-14,16-17,20,22,29H,4,10,15,18-19,21H2,1-3H3,(H,35,39)/t22-,29+/m0/s1. The van der Waals surface area contributed by atoms with Gasteiger partial charge in [0.2, 0.25) is 21.8 Å². The van der Waals surface area contributed by atoms with Crippen molar-refractivity contribution in [3.05, 3.63) is 101 Å². The van der Waals surface area contributed by atoms with E-state index in [1.807, 2.05) is 44.2 Å². The third-order valence-corrected chi connectivity index (χ3v) is 8.11. The number of carbonyl (C=O) groups is 2. The molecule has 2 amide bonds. The minimum atomic E-state index is -3.90. The molecule has 0 bridgehead atoms. The van der Waals surface area contributed by atoms with Crippen LogP contribution in [0.1, 0.15) is 44.2 Å². The lowest BCUT2D eigenvalue weighted by molar-refractivity contribution is -0.141. The molecule has 0 aliphatic rings. The molecule has 0 heterocycles. The highest BCUT2D eigenvalue weighted by Gasteiger charge is 2.31. The summed E-state index contributed by atoms with van der Waals surface area (Å²) in [6.07, 6.45) is 1.58. The van der Waals surface area contributed by atoms with Crippen LogP contribution in [0.15, 0.2) is 72.8 Å². The minimum Gasteiger partial charge on any atom is -0.352 e. The van der Waals surface area contributed by atoms with Crippen LogP contribution in [0.2, 0.25) is 0 Å². The maximum Gasteiger partial charge on any atom is 0.243 e. The summed E-state index contributed by atoms with van der Waals surface area (Å²) < 4.78 is 67.9. The van der Waals surface area contributed by atoms with Gasteiger partial charge >= 0.3 is 0 Å². The van der Waals surface area contributed by atoms with Gasteiger partial charge in [-0.3, -0.25) is 13.9 Å². The van der Waals surface area contributed by atoms with Gasteiger partial charge in [-0.05, 0) is 43.5 Å². The van der Waals surface area contributed by atoms with Crippen LogP contribution in [-0.2, 0) is 32.6 Å². The van der Waals surface area contributed by atoms with Gasteiger partial charge in [0.15, 0.2) is 11.6 Å². The van der Waals surface area contributed by atoms with Gasteiger partial charge in [0.1, 0.15) is 11.9 Å². The van der Waals surface area contributed by atoms with Crippen molar-refractivity contribution in [2.45, 2.75) is 58.2 Å². The second-order valence-electron chi connectivity index (χ2n) is 10.2. The van der Waals surface area contributed by atoms with Gasteiger partial charge in [0, 0.05) is 43.6 Å². The first-order valence-corrected chi connectivity index (χ1v) is 15.6. The predicted molar refractivity (Wildman–Crippen MR) is 157 cm³/mol. The molecule has 0 saturated carbocycles. The zero-order valence-electron chi connectivity index (χ0n) is 23.9. The van der Waals surface area contributed by atoms with Gasteiger partial charge in [-0.1, -0.05) is 55.5 Å². The number of nitrogens with one attached hydrogen (secondary N) is 1. The molecule has 3 rings (SSSR count). The third kappa shape index (κ3) is 9.07. The molecular weight excluding hydrogens is 567 g/mol. The number of benzene rings is 3. The Morgan fingerprint density at radius 3 is 2.19 bits per heavy atom. The first-order chi connectivity index (χ1) is 19.9. The Labute approximate surface area is 245 Å². The van der Waals surface area contributed by atoms with Crippen molar-refractivity contribution in [3.8, 4) is 0 Å². The number of anilines is 1. The van der Waals surface area contributed by atoms with Gasteiger partial charge < -0.3 is 10.2 Å². The van der Waals surface area contributed by atoms with Gasteiger partial charge in [-0.15, -0.1) is 0 Å². The highest BCUT2D eigenvalue weighted by molar-refractivity contribution is 7.92. The van der Waals surface area contributed by atoms with Crippen molar-refractivity contribution in [1.29, 1.82) is 0 Å². The van der Waals surface area contributed by atoms with Crippen LogP contribution in [0.3, 0.4) is 0 Å². The topological polar surface area (TPSA) is 86.8 Å². The fourth-order valence-electron chi connectivity index (χ4n) is 4.45. The first kappa shape index (κ1) is 32.7. The van der Waals surface area contributed by atoms with Crippen LogP contribution in [0.4, 0.5) is 18.9 Å². The van der Waals surface area contributed by atoms with Crippen LogP contribution in [0.5, 0.6) is 0 Å². The number of hydrogen-bond acceptors (Lipinski definition) is 4. The summed E-state index contributed by atoms with van der Waals surface area (Å²) in [6, 6.07) is 16.7. The van der Waals surface area contributed by atoms with Crippen LogP contribution in [-0.4, -0.2) is 50.0 Å². The second kappa shape index (κ2) is 14.9. The summed E-state index contributed by atoms with van der Waals surface area (Å²) >= 11 is 0. The van der Waals surface area contributed by atoms with E-state index in [-0.39, 0.29) is 49.6 Å². The molecule has 0 saturated heterocycles. The molecule has 3 aromatic carbocycles. The van der Waals surface area contributed by atoms with E-state index in [0.717, 1.165) is 34.3 Å². The van der Waals surface area contributed by atoms with Gasteiger partial charge in [0.05, 0.1) is 11.9 Å². The highest BCUT2D eigenvalue weighted by Crippen LogP contribution is 2.22. The van der Waals surface area contributed by atoms with Crippen molar-refractivity contribution >= 4 is 27.5 Å². The first-order valence-electron chi connectivity index (χ1n) is 13.7. The van der Waals surface area contributed by atoms with Crippen LogP contribution in [0.25, 0.3) is 0 Å². The molecule has 3 aromatic rings. The maximum absolute atomic E-state index is 14.7. The summed E-state index contributed by atoms with van der Waals surface area (Å²) in [4.78, 5) is 28.6. The summed E-state index contributed by atoms with van der Waals surface area (Å²) in [5.74, 6) is -3.73. The van der Waals surface area contributed by atoms with E-state index in [0.29, 0.717) is 6.42 Å². The Hall–Kier alpha value is -3.86. The molecule has 0 unspecified atom stereocenters. The van der Waals surface area contributed by atoms with Gasteiger partial charge in [-0.25, -0.2) is 21.6 Å². The summed E-state index contributed by atoms with van der Waals surface area (Å²) in [6.45, 7) is 3.37. The molecule has 226 valence electrons. The minimum absolute atomic E-state index is 0.00368. The molecule has 0 radical (unpaired) electrons. The van der Waals surface area contributed by atoms with E-state index in [2.05, 4.69) is 5.32 Å². The Morgan fingerprint density at radius 2 is 1.57 bits per heavy atom. The van der Waals surface area contributed by atoms with E-state index in [9.17, 15) is 31.2 Å². The average Bonchev–Trinajstić information content (AvgIpc) is 2.95. The van der Waals surface area contributed by atoms with Crippen molar-refractivity contribution in [2.24, 2.45) is 0 Å². The normalized spacial score (nSPS) is 12.8. The SMILES string of the molecule is CC[C@H](C)NC(=O)[C@@H](Cc1ccccc1)N(Cc1ccccc1F)C(=O)CCCN(c1ccc(F)c(F)c1)S(C)(=O)=O. The van der Waals surface area contributed by atoms with Crippen molar-refractivity contribution in [1.82, 2.24) is 10.2 Å². The number of amides is 2. The zero-order valence-corrected chi connectivity index (χ0v) is 24.7. The van der Waals surface area contributed by atoms with Crippen molar-refractivity contribution in [2.75, 3.05) is 17.1 Å². The van der Waals surface area contributed by atoms with Crippen molar-refractivity contribution < 1.29 is 31.2 Å². The Kier molecular flexibility index (Phi) is 11.6. The molecule has 2 atom stereocenters. The molecule has 11 heteroatoms. The Bertz CT molecular complexity index is 1470. The predicted octanol–water partition coefficient (Wildman–Crippen LogP) is 5.20. The van der Waals surface area contributed by atoms with Crippen LogP contribution in [0, 0.1) is 17.5 Å². The van der Waals surface area contributed by atoms with Crippen LogP contribution < -0.4 is 9.62 Å². The summed E-state index contributed by atoms with van der Waals surface area (Å²) in [5.41, 5.74) is 0.941. The number of halogens is 3. The van der Waals surface area contributed by atoms with E-state index >= 15 is 0 Å². The van der Waals surface area contributed by atoms with E-state index in [4.69, 9.17) is 0 Å². The van der Waals surface area contributed by atoms with E-state index < -0.39 is 45.3 Å². The number of sulfonamides is 1. The molecule has 0 aliphatic carbocycles. The largest absolute Gasteiger partial charge is 0.352 e. The molecule has 0 aliphatic heterocycles. The number of rotatable bonds is 14. The fraction of sp³-hybridized carbons (Fsp3) is 0.355. The number of nitrogens with zero attached hydrogens (tertiary/aromatic N) is 2. The fourth-order valence-corrected chi connectivity index (χ4v) is 5.41. The molecule has 0 spiro atoms. The highest BCUT2D eigenvalue weighted by atomic mass is 32.2. The molecular formula is C31H36F3N3O4S. The zero-order chi connectivity index (χ0) is 30.9. The lowest BCUT2D eigenvalue weighted by Crippen LogP contribution is -2.52. The smallest absolute Gasteiger partial charge is 0.243 e. The third-order valence-electron chi connectivity index (χ3n) is 6.91.